The van der Waals surface area contributed by atoms with Crippen molar-refractivity contribution in [2.45, 2.75) is 18.6 Å². The van der Waals surface area contributed by atoms with Crippen molar-refractivity contribution in [3.05, 3.63) is 63.6 Å². The predicted octanol–water partition coefficient (Wildman–Crippen LogP) is 3.65. The Morgan fingerprint density at radius 2 is 1.77 bits per heavy atom. The van der Waals surface area contributed by atoms with Gasteiger partial charge in [-0.1, -0.05) is 41.4 Å². The summed E-state index contributed by atoms with van der Waals surface area (Å²) in [5, 5.41) is 3.51. The molecule has 8 nitrogen and oxygen atoms in total. The number of halogens is 2. The van der Waals surface area contributed by atoms with Crippen molar-refractivity contribution in [3.8, 4) is 0 Å². The first-order chi connectivity index (χ1) is 16.7. The van der Waals surface area contributed by atoms with Crippen LogP contribution in [0.15, 0.2) is 42.5 Å². The zero-order valence-corrected chi connectivity index (χ0v) is 21.4. The van der Waals surface area contributed by atoms with E-state index < -0.39 is 15.9 Å². The number of anilines is 1. The van der Waals surface area contributed by atoms with Crippen molar-refractivity contribution in [2.24, 2.45) is 5.92 Å². The lowest BCUT2D eigenvalue weighted by atomic mass is 9.98. The molecule has 2 amide bonds. The van der Waals surface area contributed by atoms with Gasteiger partial charge in [-0.05, 0) is 42.7 Å². The molecule has 2 saturated heterocycles. The van der Waals surface area contributed by atoms with Gasteiger partial charge in [-0.15, -0.1) is 0 Å². The van der Waals surface area contributed by atoms with Gasteiger partial charge < -0.3 is 15.0 Å². The Kier molecular flexibility index (Phi) is 8.34. The Labute approximate surface area is 215 Å². The zero-order chi connectivity index (χ0) is 25.0. The van der Waals surface area contributed by atoms with Crippen LogP contribution in [0.1, 0.15) is 28.8 Å². The molecule has 1 unspecified atom stereocenters. The number of para-hydroxylation sites is 1. The molecule has 2 aliphatic heterocycles. The molecule has 2 fully saturated rings. The van der Waals surface area contributed by atoms with Crippen molar-refractivity contribution < 1.29 is 22.7 Å². The lowest BCUT2D eigenvalue weighted by Gasteiger charge is -2.31. The van der Waals surface area contributed by atoms with Gasteiger partial charge in [0.1, 0.15) is 0 Å². The van der Waals surface area contributed by atoms with Crippen LogP contribution in [-0.2, 0) is 25.3 Å². The van der Waals surface area contributed by atoms with E-state index in [-0.39, 0.29) is 24.1 Å². The van der Waals surface area contributed by atoms with Gasteiger partial charge in [0, 0.05) is 26.2 Å². The third kappa shape index (κ3) is 6.34. The second-order valence-electron chi connectivity index (χ2n) is 8.64. The highest BCUT2D eigenvalue weighted by Crippen LogP contribution is 2.27. The fraction of sp³-hybridized carbons (Fsp3) is 0.417. The van der Waals surface area contributed by atoms with Crippen LogP contribution in [0.2, 0.25) is 10.0 Å². The third-order valence-electron chi connectivity index (χ3n) is 6.20. The van der Waals surface area contributed by atoms with Gasteiger partial charge in [-0.2, -0.15) is 0 Å². The molecule has 4 rings (SSSR count). The number of amides is 2. The molecular formula is C24H27Cl2N3O5S. The van der Waals surface area contributed by atoms with E-state index in [4.69, 9.17) is 27.9 Å². The molecule has 1 N–H and O–H groups in total. The number of ether oxygens (including phenoxy) is 1. The zero-order valence-electron chi connectivity index (χ0n) is 19.1. The molecule has 0 aliphatic carbocycles. The molecular weight excluding hydrogens is 513 g/mol. The number of hydrogen-bond acceptors (Lipinski definition) is 5. The minimum atomic E-state index is -3.66. The molecule has 0 bridgehead atoms. The van der Waals surface area contributed by atoms with Crippen LogP contribution in [0.4, 0.5) is 5.69 Å². The van der Waals surface area contributed by atoms with E-state index in [1.807, 2.05) is 0 Å². The normalized spacial score (nSPS) is 19.4. The van der Waals surface area contributed by atoms with E-state index in [0.717, 1.165) is 0 Å². The molecule has 1 atom stereocenters. The van der Waals surface area contributed by atoms with E-state index in [2.05, 4.69) is 5.32 Å². The first-order valence-corrected chi connectivity index (χ1v) is 13.8. The Bertz CT molecular complexity index is 1200. The van der Waals surface area contributed by atoms with E-state index in [1.54, 1.807) is 41.3 Å². The van der Waals surface area contributed by atoms with Gasteiger partial charge in [-0.3, -0.25) is 9.59 Å². The van der Waals surface area contributed by atoms with Crippen molar-refractivity contribution >= 4 is 50.7 Å². The Morgan fingerprint density at radius 3 is 2.51 bits per heavy atom. The van der Waals surface area contributed by atoms with Gasteiger partial charge in [-0.25, -0.2) is 12.7 Å². The smallest absolute Gasteiger partial charge is 0.256 e. The highest BCUT2D eigenvalue weighted by molar-refractivity contribution is 7.88. The van der Waals surface area contributed by atoms with Crippen molar-refractivity contribution in [2.75, 3.05) is 44.7 Å². The number of nitrogens with zero attached hydrogens (tertiary/aromatic N) is 2. The number of hydrogen-bond donors (Lipinski definition) is 1. The summed E-state index contributed by atoms with van der Waals surface area (Å²) in [4.78, 5) is 27.8. The second kappa shape index (κ2) is 11.3. The summed E-state index contributed by atoms with van der Waals surface area (Å²) < 4.78 is 32.8. The first-order valence-electron chi connectivity index (χ1n) is 11.4. The number of carbonyl (C=O) groups excluding carboxylic acids is 2. The molecule has 0 aromatic heterocycles. The number of morpholine rings is 1. The number of sulfonamides is 1. The molecule has 0 spiro atoms. The third-order valence-corrected chi connectivity index (χ3v) is 8.75. The van der Waals surface area contributed by atoms with E-state index in [9.17, 15) is 18.0 Å². The maximum absolute atomic E-state index is 13.1. The maximum Gasteiger partial charge on any atom is 0.256 e. The summed E-state index contributed by atoms with van der Waals surface area (Å²) >= 11 is 12.0. The van der Waals surface area contributed by atoms with Gasteiger partial charge in [0.05, 0.1) is 46.2 Å². The molecule has 35 heavy (non-hydrogen) atoms. The minimum absolute atomic E-state index is 0.0784. The Morgan fingerprint density at radius 1 is 1.03 bits per heavy atom. The largest absolute Gasteiger partial charge is 0.378 e. The summed E-state index contributed by atoms with van der Waals surface area (Å²) in [6.07, 6.45) is 1.12. The summed E-state index contributed by atoms with van der Waals surface area (Å²) in [6.45, 7) is 2.38. The maximum atomic E-state index is 13.1. The van der Waals surface area contributed by atoms with Crippen molar-refractivity contribution in [1.82, 2.24) is 9.21 Å². The first kappa shape index (κ1) is 25.9. The summed E-state index contributed by atoms with van der Waals surface area (Å²) in [5.41, 5.74) is 1.36. The number of nitrogens with one attached hydrogen (secondary N) is 1. The Hall–Kier alpha value is -2.17. The minimum Gasteiger partial charge on any atom is -0.378 e. The monoisotopic (exact) mass is 539 g/mol. The molecule has 2 heterocycles. The summed E-state index contributed by atoms with van der Waals surface area (Å²) in [7, 11) is -3.66. The Balaban J connectivity index is 1.43. The quantitative estimate of drug-likeness (QED) is 0.604. The average molecular weight is 540 g/mol. The topological polar surface area (TPSA) is 96.0 Å². The SMILES string of the molecule is O=C(Nc1ccccc1C(=O)N1CCOCC1)C1CCCN(S(=O)(=O)Cc2ccc(Cl)c(Cl)c2)C1. The van der Waals surface area contributed by atoms with Gasteiger partial charge >= 0.3 is 0 Å². The number of piperidine rings is 1. The van der Waals surface area contributed by atoms with Crippen molar-refractivity contribution in [1.29, 1.82) is 0 Å². The van der Waals surface area contributed by atoms with Gasteiger partial charge in [0.25, 0.3) is 5.91 Å². The van der Waals surface area contributed by atoms with Crippen LogP contribution < -0.4 is 5.32 Å². The predicted molar refractivity (Wildman–Crippen MR) is 135 cm³/mol. The van der Waals surface area contributed by atoms with Crippen LogP contribution >= 0.6 is 23.2 Å². The van der Waals surface area contributed by atoms with E-state index in [1.165, 1.54) is 10.4 Å². The highest BCUT2D eigenvalue weighted by Gasteiger charge is 2.33. The van der Waals surface area contributed by atoms with Crippen LogP contribution in [0.25, 0.3) is 0 Å². The summed E-state index contributed by atoms with van der Waals surface area (Å²) in [5.74, 6) is -1.23. The molecule has 2 aromatic rings. The van der Waals surface area contributed by atoms with Crippen LogP contribution in [0.5, 0.6) is 0 Å². The number of rotatable bonds is 6. The van der Waals surface area contributed by atoms with Crippen LogP contribution in [-0.4, -0.2) is 68.8 Å². The van der Waals surface area contributed by atoms with Gasteiger partial charge in [0.15, 0.2) is 0 Å². The number of carbonyl (C=O) groups is 2. The van der Waals surface area contributed by atoms with E-state index >= 15 is 0 Å². The van der Waals surface area contributed by atoms with E-state index in [0.29, 0.717) is 72.5 Å². The molecule has 11 heteroatoms. The average Bonchev–Trinajstić information content (AvgIpc) is 2.86. The number of benzene rings is 2. The summed E-state index contributed by atoms with van der Waals surface area (Å²) in [6, 6.07) is 11.6. The van der Waals surface area contributed by atoms with Gasteiger partial charge in [0.2, 0.25) is 15.9 Å². The lowest BCUT2D eigenvalue weighted by Crippen LogP contribution is -2.44. The molecule has 2 aromatic carbocycles. The molecule has 0 radical (unpaired) electrons. The molecule has 2 aliphatic rings. The van der Waals surface area contributed by atoms with Crippen LogP contribution in [0, 0.1) is 5.92 Å². The highest BCUT2D eigenvalue weighted by atomic mass is 35.5. The standard InChI is InChI=1S/C24H27Cl2N3O5S/c25-20-8-7-17(14-21(20)26)16-35(32,33)29-9-3-4-18(15-29)23(30)27-22-6-2-1-5-19(22)24(31)28-10-12-34-13-11-28/h1-2,5-8,14,18H,3-4,9-13,15-16H2,(H,27,30). The van der Waals surface area contributed by atoms with Crippen LogP contribution in [0.3, 0.4) is 0 Å². The van der Waals surface area contributed by atoms with Crippen molar-refractivity contribution in [3.63, 3.8) is 0 Å². The fourth-order valence-electron chi connectivity index (χ4n) is 4.29. The fourth-order valence-corrected chi connectivity index (χ4v) is 6.21. The molecule has 188 valence electrons. The second-order valence-corrected chi connectivity index (χ2v) is 11.4. The molecule has 0 saturated carbocycles. The lowest BCUT2D eigenvalue weighted by molar-refractivity contribution is -0.120.